The number of hydrogen-bond donors (Lipinski definition) is 4. The van der Waals surface area contributed by atoms with Crippen LogP contribution in [0.25, 0.3) is 22.5 Å². The van der Waals surface area contributed by atoms with Gasteiger partial charge in [-0.1, -0.05) is 24.3 Å². The number of benzene rings is 6. The van der Waals surface area contributed by atoms with Crippen molar-refractivity contribution >= 4 is 81.1 Å². The molecule has 2 aliphatic rings. The van der Waals surface area contributed by atoms with Crippen LogP contribution in [0.2, 0.25) is 0 Å². The summed E-state index contributed by atoms with van der Waals surface area (Å²) in [4.78, 5) is 85.5. The Balaban J connectivity index is 0.000000204. The van der Waals surface area contributed by atoms with Crippen molar-refractivity contribution < 1.29 is 59.3 Å². The number of fused-ring (bicyclic) bond motifs is 2. The molecule has 0 bridgehead atoms. The van der Waals surface area contributed by atoms with Gasteiger partial charge in [-0.2, -0.15) is 4.98 Å². The molecule has 84 heavy (non-hydrogen) atoms. The maximum absolute atomic E-state index is 15.1. The summed E-state index contributed by atoms with van der Waals surface area (Å²) in [6.45, 7) is 8.35. The number of hydrogen-bond acceptors (Lipinski definition) is 11. The van der Waals surface area contributed by atoms with Crippen LogP contribution >= 0.6 is 0 Å². The van der Waals surface area contributed by atoms with Gasteiger partial charge in [0.25, 0.3) is 11.8 Å². The third-order valence-electron chi connectivity index (χ3n) is 12.9. The highest BCUT2D eigenvalue weighted by atomic mass is 32.2. The van der Waals surface area contributed by atoms with Crippen molar-refractivity contribution in [3.63, 3.8) is 0 Å². The SMILES string of the molecule is Cc1ccc(C(=O)Nc2ccc(F)cc2)cc1-c1nc(N(C)C(=O)OC(C)(C)C)nc2c1CNC(=O)N2c1c(F)cccc1F.Cc1ccc(C(=O)Nc2ccc(F)cc2)cc1-c1nc(S(C)=O)nc2c1CNC(=O)N2c1c(F)cccc1F. The molecule has 1 atom stereocenters. The second-order valence-electron chi connectivity index (χ2n) is 19.9. The highest BCUT2D eigenvalue weighted by molar-refractivity contribution is 7.84. The number of halogens is 6. The predicted molar refractivity (Wildman–Crippen MR) is 302 cm³/mol. The minimum absolute atomic E-state index is 0.0852. The summed E-state index contributed by atoms with van der Waals surface area (Å²) >= 11 is 0. The molecule has 8 aromatic rings. The van der Waals surface area contributed by atoms with Crippen molar-refractivity contribution in [1.82, 2.24) is 30.6 Å². The van der Waals surface area contributed by atoms with Crippen LogP contribution in [0.1, 0.15) is 63.7 Å². The van der Waals surface area contributed by atoms with Crippen molar-refractivity contribution in [2.24, 2.45) is 0 Å². The Bertz CT molecular complexity index is 3960. The molecule has 430 valence electrons. The second kappa shape index (κ2) is 23.8. The summed E-state index contributed by atoms with van der Waals surface area (Å²) < 4.78 is 104. The Morgan fingerprint density at radius 2 is 1.00 bits per heavy atom. The first-order valence-corrected chi connectivity index (χ1v) is 26.9. The number of para-hydroxylation sites is 2. The van der Waals surface area contributed by atoms with Gasteiger partial charge in [-0.25, -0.2) is 70.4 Å². The molecule has 10 rings (SSSR count). The molecular formula is C59H49F6N11O7S. The van der Waals surface area contributed by atoms with Gasteiger partial charge in [0.05, 0.1) is 35.3 Å². The lowest BCUT2D eigenvalue weighted by atomic mass is 9.97. The number of carbonyl (C=O) groups is 5. The Kier molecular flexibility index (Phi) is 16.6. The third kappa shape index (κ3) is 12.4. The Morgan fingerprint density at radius 1 is 0.595 bits per heavy atom. The lowest BCUT2D eigenvalue weighted by molar-refractivity contribution is 0.0586. The summed E-state index contributed by atoms with van der Waals surface area (Å²) in [5.41, 5.74) is 2.26. The Labute approximate surface area is 478 Å². The van der Waals surface area contributed by atoms with Gasteiger partial charge in [0.15, 0.2) is 11.6 Å². The number of carbonyl (C=O) groups excluding carboxylic acids is 5. The van der Waals surface area contributed by atoms with Crippen LogP contribution in [0.3, 0.4) is 0 Å². The number of aromatic nitrogens is 4. The quantitative estimate of drug-likeness (QED) is 0.0745. The molecule has 1 unspecified atom stereocenters. The van der Waals surface area contributed by atoms with E-state index in [1.54, 1.807) is 71.0 Å². The largest absolute Gasteiger partial charge is 0.443 e. The number of ether oxygens (including phenoxy) is 1. The van der Waals surface area contributed by atoms with Crippen LogP contribution in [0.4, 0.5) is 81.1 Å². The van der Waals surface area contributed by atoms with Crippen LogP contribution in [0.5, 0.6) is 0 Å². The van der Waals surface area contributed by atoms with E-state index in [1.165, 1.54) is 67.9 Å². The van der Waals surface area contributed by atoms with Crippen LogP contribution in [0.15, 0.2) is 126 Å². The zero-order valence-electron chi connectivity index (χ0n) is 45.6. The van der Waals surface area contributed by atoms with Crippen LogP contribution in [-0.2, 0) is 28.6 Å². The molecule has 25 heteroatoms. The molecule has 0 fully saturated rings. The van der Waals surface area contributed by atoms with Gasteiger partial charge < -0.3 is 26.0 Å². The molecule has 4 N–H and O–H groups in total. The maximum Gasteiger partial charge on any atom is 0.416 e. The highest BCUT2D eigenvalue weighted by Gasteiger charge is 2.37. The van der Waals surface area contributed by atoms with E-state index in [4.69, 9.17) is 4.74 Å². The van der Waals surface area contributed by atoms with Crippen LogP contribution in [-0.4, -0.2) is 73.0 Å². The lowest BCUT2D eigenvalue weighted by Crippen LogP contribution is -2.43. The smallest absolute Gasteiger partial charge is 0.416 e. The van der Waals surface area contributed by atoms with Gasteiger partial charge in [-0.3, -0.25) is 13.8 Å². The van der Waals surface area contributed by atoms with E-state index in [2.05, 4.69) is 41.2 Å². The Morgan fingerprint density at radius 3 is 1.40 bits per heavy atom. The van der Waals surface area contributed by atoms with Gasteiger partial charge in [-0.05, 0) is 143 Å². The van der Waals surface area contributed by atoms with Crippen LogP contribution in [0, 0.1) is 48.8 Å². The standard InChI is InChI=1S/C32H29F3N6O4.C27H20F3N5O3S/c1-17-9-10-18(28(42)37-20-13-11-19(33)12-14-20)15-21(17)25-22-16-36-30(43)41(26-23(34)7-6-8-24(26)35)27(22)39-29(38-25)40(5)31(44)45-32(2,3)4;1-14-6-7-15(25(36)32-17-10-8-16(28)9-11-17)12-18(14)22-19-13-31-27(37)35(23-20(29)4-3-5-21(23)30)24(19)34-26(33-22)39(2)38/h6-15H,16H2,1-5H3,(H,36,43)(H,37,42);3-12H,13H2,1-2H3,(H,31,37)(H,32,36). The number of nitrogens with one attached hydrogen (secondary N) is 4. The van der Waals surface area contributed by atoms with E-state index in [-0.39, 0.29) is 63.9 Å². The normalized spacial score (nSPS) is 13.1. The minimum atomic E-state index is -1.73. The predicted octanol–water partition coefficient (Wildman–Crippen LogP) is 12.1. The van der Waals surface area contributed by atoms with Gasteiger partial charge in [0, 0.05) is 58.1 Å². The average Bonchev–Trinajstić information content (AvgIpc) is 3.63. The Hall–Kier alpha value is -10.0. The molecule has 0 radical (unpaired) electrons. The fourth-order valence-electron chi connectivity index (χ4n) is 8.75. The molecule has 0 aliphatic carbocycles. The molecular weight excluding hydrogens is 1120 g/mol. The molecule has 2 aliphatic heterocycles. The van der Waals surface area contributed by atoms with Gasteiger partial charge in [-0.15, -0.1) is 0 Å². The summed E-state index contributed by atoms with van der Waals surface area (Å²) in [6.07, 6.45) is 0.517. The molecule has 2 aromatic heterocycles. The number of rotatable bonds is 10. The number of anilines is 7. The number of nitrogens with zero attached hydrogens (tertiary/aromatic N) is 7. The van der Waals surface area contributed by atoms with Crippen LogP contribution < -0.4 is 36.0 Å². The van der Waals surface area contributed by atoms with Gasteiger partial charge in [0.1, 0.15) is 51.9 Å². The third-order valence-corrected chi connectivity index (χ3v) is 13.6. The molecule has 0 spiro atoms. The maximum atomic E-state index is 15.1. The first-order valence-electron chi connectivity index (χ1n) is 25.4. The number of urea groups is 2. The molecule has 6 aromatic carbocycles. The summed E-state index contributed by atoms with van der Waals surface area (Å²) in [7, 11) is -0.375. The van der Waals surface area contributed by atoms with Gasteiger partial charge in [0.2, 0.25) is 11.1 Å². The lowest BCUT2D eigenvalue weighted by Gasteiger charge is -2.32. The number of aryl methyl sites for hydroxylation is 2. The summed E-state index contributed by atoms with van der Waals surface area (Å²) in [5, 5.41) is 10.4. The highest BCUT2D eigenvalue weighted by Crippen LogP contribution is 2.42. The van der Waals surface area contributed by atoms with Crippen molar-refractivity contribution in [2.45, 2.75) is 58.5 Å². The molecule has 18 nitrogen and oxygen atoms in total. The summed E-state index contributed by atoms with van der Waals surface area (Å²) in [6, 6.07) is 24.9. The molecule has 7 amide bonds. The fourth-order valence-corrected chi connectivity index (χ4v) is 9.19. The zero-order chi connectivity index (χ0) is 60.5. The van der Waals surface area contributed by atoms with E-state index in [1.807, 2.05) is 0 Å². The number of amides is 7. The first kappa shape index (κ1) is 58.6. The zero-order valence-corrected chi connectivity index (χ0v) is 46.4. The van der Waals surface area contributed by atoms with E-state index >= 15 is 8.78 Å². The average molecular weight is 1170 g/mol. The molecule has 0 saturated heterocycles. The van der Waals surface area contributed by atoms with Crippen molar-refractivity contribution in [2.75, 3.05) is 38.6 Å². The topological polar surface area (TPSA) is 221 Å². The second-order valence-corrected chi connectivity index (χ2v) is 21.2. The van der Waals surface area contributed by atoms with E-state index in [9.17, 15) is 45.7 Å². The molecule has 4 heterocycles. The fraction of sp³-hybridized carbons (Fsp3) is 0.169. The van der Waals surface area contributed by atoms with E-state index in [0.29, 0.717) is 39.2 Å². The van der Waals surface area contributed by atoms with Crippen molar-refractivity contribution in [1.29, 1.82) is 0 Å². The minimum Gasteiger partial charge on any atom is -0.443 e. The van der Waals surface area contributed by atoms with Gasteiger partial charge >= 0.3 is 18.2 Å². The van der Waals surface area contributed by atoms with E-state index in [0.717, 1.165) is 45.0 Å². The van der Waals surface area contributed by atoms with Crippen molar-refractivity contribution in [3.05, 3.63) is 190 Å². The van der Waals surface area contributed by atoms with Crippen molar-refractivity contribution in [3.8, 4) is 22.5 Å². The monoisotopic (exact) mass is 1170 g/mol. The first-order chi connectivity index (χ1) is 39.9. The molecule has 0 saturated carbocycles. The summed E-state index contributed by atoms with van der Waals surface area (Å²) in [5.74, 6) is -6.42. The van der Waals surface area contributed by atoms with E-state index < -0.39 is 92.6 Å².